The molecule has 0 aromatic heterocycles. The molecule has 1 atom stereocenters. The highest BCUT2D eigenvalue weighted by Crippen LogP contribution is 2.18. The van der Waals surface area contributed by atoms with Crippen LogP contribution in [0.4, 0.5) is 4.39 Å². The molecule has 3 nitrogen and oxygen atoms in total. The van der Waals surface area contributed by atoms with Gasteiger partial charge >= 0.3 is 0 Å². The van der Waals surface area contributed by atoms with Crippen molar-refractivity contribution in [3.63, 3.8) is 0 Å². The summed E-state index contributed by atoms with van der Waals surface area (Å²) in [5.74, 6) is -0.320. The van der Waals surface area contributed by atoms with E-state index in [4.69, 9.17) is 10.5 Å². The Balaban J connectivity index is 2.61. The van der Waals surface area contributed by atoms with Crippen molar-refractivity contribution in [2.45, 2.75) is 38.6 Å². The van der Waals surface area contributed by atoms with Gasteiger partial charge in [0, 0.05) is 6.42 Å². The minimum absolute atomic E-state index is 0.0481. The third-order valence-corrected chi connectivity index (χ3v) is 2.88. The first kappa shape index (κ1) is 14.6. The van der Waals surface area contributed by atoms with Gasteiger partial charge in [-0.25, -0.2) is 4.39 Å². The Hall–Kier alpha value is -1.42. The number of carbonyl (C=O) groups excluding carboxylic acids is 1. The second kappa shape index (κ2) is 7.11. The molecule has 0 saturated carbocycles. The highest BCUT2D eigenvalue weighted by atomic mass is 19.1. The van der Waals surface area contributed by atoms with Crippen molar-refractivity contribution < 1.29 is 13.9 Å². The van der Waals surface area contributed by atoms with Crippen LogP contribution in [0.3, 0.4) is 0 Å². The summed E-state index contributed by atoms with van der Waals surface area (Å²) in [6, 6.07) is 4.08. The lowest BCUT2D eigenvalue weighted by Gasteiger charge is -2.10. The van der Waals surface area contributed by atoms with Crippen LogP contribution in [0.5, 0.6) is 5.75 Å². The van der Waals surface area contributed by atoms with Crippen LogP contribution < -0.4 is 10.5 Å². The number of unbranched alkanes of at least 4 members (excludes halogenated alkanes) is 1. The molecule has 0 saturated heterocycles. The molecule has 0 spiro atoms. The lowest BCUT2D eigenvalue weighted by molar-refractivity contribution is -0.119. The number of nitrogens with two attached hydrogens (primary N) is 1. The van der Waals surface area contributed by atoms with Gasteiger partial charge in [-0.05, 0) is 24.1 Å². The molecule has 1 aromatic carbocycles. The van der Waals surface area contributed by atoms with Crippen molar-refractivity contribution in [1.82, 2.24) is 0 Å². The first-order valence-corrected chi connectivity index (χ1v) is 6.19. The largest absolute Gasteiger partial charge is 0.494 e. The first-order chi connectivity index (χ1) is 8.58. The molecule has 1 aromatic rings. The number of methoxy groups -OCH3 is 1. The van der Waals surface area contributed by atoms with Gasteiger partial charge in [-0.1, -0.05) is 25.8 Å². The van der Waals surface area contributed by atoms with Gasteiger partial charge in [0.2, 0.25) is 0 Å². The summed E-state index contributed by atoms with van der Waals surface area (Å²) in [7, 11) is 1.41. The number of hydrogen-bond acceptors (Lipinski definition) is 3. The number of halogens is 1. The summed E-state index contributed by atoms with van der Waals surface area (Å²) in [5, 5.41) is 0. The molecule has 0 amide bonds. The van der Waals surface area contributed by atoms with Crippen molar-refractivity contribution in [2.24, 2.45) is 5.73 Å². The average molecular weight is 253 g/mol. The highest BCUT2D eigenvalue weighted by molar-refractivity contribution is 5.85. The number of benzene rings is 1. The van der Waals surface area contributed by atoms with E-state index in [9.17, 15) is 9.18 Å². The van der Waals surface area contributed by atoms with E-state index in [1.165, 1.54) is 19.2 Å². The van der Waals surface area contributed by atoms with Crippen LogP contribution in [-0.4, -0.2) is 18.9 Å². The van der Waals surface area contributed by atoms with Crippen molar-refractivity contribution in [1.29, 1.82) is 0 Å². The van der Waals surface area contributed by atoms with E-state index >= 15 is 0 Å². The van der Waals surface area contributed by atoms with Crippen molar-refractivity contribution in [3.05, 3.63) is 29.6 Å². The zero-order valence-electron chi connectivity index (χ0n) is 10.9. The number of hydrogen-bond donors (Lipinski definition) is 1. The fourth-order valence-electron chi connectivity index (χ4n) is 1.74. The predicted octanol–water partition coefficient (Wildman–Crippen LogP) is 2.46. The molecule has 0 aliphatic rings. The van der Waals surface area contributed by atoms with Gasteiger partial charge in [-0.2, -0.15) is 0 Å². The van der Waals surface area contributed by atoms with Crippen LogP contribution >= 0.6 is 0 Å². The third kappa shape index (κ3) is 4.11. The number of ether oxygens (including phenoxy) is 1. The van der Waals surface area contributed by atoms with Crippen molar-refractivity contribution in [3.8, 4) is 5.75 Å². The third-order valence-electron chi connectivity index (χ3n) is 2.88. The minimum atomic E-state index is -0.454. The maximum absolute atomic E-state index is 13.4. The van der Waals surface area contributed by atoms with E-state index in [2.05, 4.69) is 6.92 Å². The van der Waals surface area contributed by atoms with Gasteiger partial charge in [-0.3, -0.25) is 4.79 Å². The molecule has 0 radical (unpaired) electrons. The van der Waals surface area contributed by atoms with Crippen LogP contribution in [0, 0.1) is 5.82 Å². The molecular weight excluding hydrogens is 233 g/mol. The Labute approximate surface area is 107 Å². The van der Waals surface area contributed by atoms with Crippen LogP contribution in [0.1, 0.15) is 31.7 Å². The Morgan fingerprint density at radius 3 is 2.78 bits per heavy atom. The van der Waals surface area contributed by atoms with Gasteiger partial charge in [0.05, 0.1) is 13.2 Å². The quantitative estimate of drug-likeness (QED) is 0.812. The van der Waals surface area contributed by atoms with Crippen LogP contribution in [-0.2, 0) is 11.2 Å². The maximum Gasteiger partial charge on any atom is 0.165 e. The predicted molar refractivity (Wildman–Crippen MR) is 69.2 cm³/mol. The van der Waals surface area contributed by atoms with Gasteiger partial charge in [0.25, 0.3) is 0 Å². The zero-order valence-corrected chi connectivity index (χ0v) is 10.9. The summed E-state index contributed by atoms with van der Waals surface area (Å²) in [4.78, 5) is 11.8. The fourth-order valence-corrected chi connectivity index (χ4v) is 1.74. The van der Waals surface area contributed by atoms with Crippen LogP contribution in [0.25, 0.3) is 0 Å². The number of carbonyl (C=O) groups is 1. The molecule has 0 fully saturated rings. The van der Waals surface area contributed by atoms with Crippen molar-refractivity contribution >= 4 is 5.78 Å². The van der Waals surface area contributed by atoms with Crippen LogP contribution in [0.15, 0.2) is 18.2 Å². The Morgan fingerprint density at radius 2 is 2.22 bits per heavy atom. The van der Waals surface area contributed by atoms with E-state index in [0.717, 1.165) is 12.8 Å². The smallest absolute Gasteiger partial charge is 0.165 e. The summed E-state index contributed by atoms with van der Waals surface area (Å²) in [6.45, 7) is 2.05. The van der Waals surface area contributed by atoms with E-state index in [-0.39, 0.29) is 18.0 Å². The van der Waals surface area contributed by atoms with E-state index in [1.807, 2.05) is 0 Å². The molecular formula is C14H20FNO2. The molecule has 0 aliphatic carbocycles. The minimum Gasteiger partial charge on any atom is -0.494 e. The normalized spacial score (nSPS) is 12.2. The zero-order chi connectivity index (χ0) is 13.5. The summed E-state index contributed by atoms with van der Waals surface area (Å²) >= 11 is 0. The Bertz CT molecular complexity index is 407. The molecule has 0 aliphatic heterocycles. The van der Waals surface area contributed by atoms with Gasteiger partial charge in [-0.15, -0.1) is 0 Å². The topological polar surface area (TPSA) is 52.3 Å². The maximum atomic E-state index is 13.4. The van der Waals surface area contributed by atoms with Crippen molar-refractivity contribution in [2.75, 3.05) is 7.11 Å². The second-order valence-electron chi connectivity index (χ2n) is 4.36. The standard InChI is InChI=1S/C14H20FNO2/c1-3-4-5-12(16)13(17)9-10-6-7-14(18-2)11(15)8-10/h6-8,12H,3-5,9,16H2,1-2H3. The number of Topliss-reactive ketones (excluding diaryl/α,β-unsaturated/α-hetero) is 1. The van der Waals surface area contributed by atoms with Gasteiger partial charge < -0.3 is 10.5 Å². The molecule has 0 heterocycles. The molecule has 1 unspecified atom stereocenters. The summed E-state index contributed by atoms with van der Waals surface area (Å²) < 4.78 is 18.3. The van der Waals surface area contributed by atoms with Gasteiger partial charge in [0.1, 0.15) is 0 Å². The molecule has 100 valence electrons. The van der Waals surface area contributed by atoms with Crippen LogP contribution in [0.2, 0.25) is 0 Å². The average Bonchev–Trinajstić information content (AvgIpc) is 2.36. The Morgan fingerprint density at radius 1 is 1.50 bits per heavy atom. The molecule has 1 rings (SSSR count). The van der Waals surface area contributed by atoms with E-state index in [0.29, 0.717) is 12.0 Å². The SMILES string of the molecule is CCCCC(N)C(=O)Cc1ccc(OC)c(F)c1. The summed E-state index contributed by atoms with van der Waals surface area (Å²) in [6.07, 6.45) is 2.81. The first-order valence-electron chi connectivity index (χ1n) is 6.19. The number of rotatable bonds is 7. The molecule has 18 heavy (non-hydrogen) atoms. The lowest BCUT2D eigenvalue weighted by atomic mass is 10.0. The highest BCUT2D eigenvalue weighted by Gasteiger charge is 2.14. The molecule has 4 heteroatoms. The van der Waals surface area contributed by atoms with E-state index in [1.54, 1.807) is 6.07 Å². The Kier molecular flexibility index (Phi) is 5.78. The number of ketones is 1. The van der Waals surface area contributed by atoms with Gasteiger partial charge in [0.15, 0.2) is 17.3 Å². The summed E-state index contributed by atoms with van der Waals surface area (Å²) in [5.41, 5.74) is 6.41. The molecule has 2 N–H and O–H groups in total. The fraction of sp³-hybridized carbons (Fsp3) is 0.500. The molecule has 0 bridgehead atoms. The monoisotopic (exact) mass is 253 g/mol. The lowest BCUT2D eigenvalue weighted by Crippen LogP contribution is -2.31. The second-order valence-corrected chi connectivity index (χ2v) is 4.36. The van der Waals surface area contributed by atoms with E-state index < -0.39 is 11.9 Å².